The molecule has 0 fully saturated rings. The maximum atomic E-state index is 12.4. The highest BCUT2D eigenvalue weighted by Crippen LogP contribution is 2.34. The number of hydrogen-bond acceptors (Lipinski definition) is 6. The van der Waals surface area contributed by atoms with E-state index in [1.807, 2.05) is 13.8 Å². The van der Waals surface area contributed by atoms with E-state index in [4.69, 9.17) is 0 Å². The van der Waals surface area contributed by atoms with E-state index in [9.17, 15) is 14.4 Å². The number of carbonyl (C=O) groups excluding carboxylic acids is 2. The summed E-state index contributed by atoms with van der Waals surface area (Å²) in [6.45, 7) is 4.11. The standard InChI is InChI=1S/C18H24N4O3S2/c1-10(2)20-14(23)6-7-19-15(24)9-26-8-13-21-17(25)16-11-4-3-5-12(11)27-18(16)22-13/h10H,3-9H2,1-2H3,(H,19,24)(H,20,23)(H,21,22,25). The summed E-state index contributed by atoms with van der Waals surface area (Å²) in [7, 11) is 0. The van der Waals surface area contributed by atoms with Crippen molar-refractivity contribution in [3.8, 4) is 0 Å². The van der Waals surface area contributed by atoms with Gasteiger partial charge in [0.05, 0.1) is 16.9 Å². The largest absolute Gasteiger partial charge is 0.355 e. The predicted molar refractivity (Wildman–Crippen MR) is 109 cm³/mol. The summed E-state index contributed by atoms with van der Waals surface area (Å²) < 4.78 is 0. The number of thiophene rings is 1. The third kappa shape index (κ3) is 5.10. The van der Waals surface area contributed by atoms with Crippen LogP contribution in [0, 0.1) is 0 Å². The summed E-state index contributed by atoms with van der Waals surface area (Å²) in [5.74, 6) is 1.12. The Labute approximate surface area is 165 Å². The molecule has 1 aliphatic rings. The molecule has 7 nitrogen and oxygen atoms in total. The molecule has 0 bridgehead atoms. The number of aromatic amines is 1. The average molecular weight is 409 g/mol. The van der Waals surface area contributed by atoms with Gasteiger partial charge in [-0.1, -0.05) is 0 Å². The number of carbonyl (C=O) groups is 2. The highest BCUT2D eigenvalue weighted by molar-refractivity contribution is 7.99. The first-order valence-corrected chi connectivity index (χ1v) is 11.1. The lowest BCUT2D eigenvalue weighted by Gasteiger charge is -2.08. The quantitative estimate of drug-likeness (QED) is 0.617. The van der Waals surface area contributed by atoms with Crippen LogP contribution in [-0.4, -0.2) is 40.1 Å². The maximum Gasteiger partial charge on any atom is 0.259 e. The fourth-order valence-corrected chi connectivity index (χ4v) is 5.12. The predicted octanol–water partition coefficient (Wildman–Crippen LogP) is 1.74. The second-order valence-electron chi connectivity index (χ2n) is 6.87. The van der Waals surface area contributed by atoms with E-state index in [2.05, 4.69) is 20.6 Å². The zero-order valence-electron chi connectivity index (χ0n) is 15.5. The summed E-state index contributed by atoms with van der Waals surface area (Å²) in [4.78, 5) is 45.3. The van der Waals surface area contributed by atoms with Gasteiger partial charge in [-0.3, -0.25) is 14.4 Å². The summed E-state index contributed by atoms with van der Waals surface area (Å²) in [5, 5.41) is 6.26. The van der Waals surface area contributed by atoms with Gasteiger partial charge in [-0.25, -0.2) is 4.98 Å². The minimum atomic E-state index is -0.129. The fraction of sp³-hybridized carbons (Fsp3) is 0.556. The third-order valence-corrected chi connectivity index (χ3v) is 6.35. The zero-order chi connectivity index (χ0) is 19.4. The van der Waals surface area contributed by atoms with Gasteiger partial charge in [0.2, 0.25) is 11.8 Å². The molecule has 2 aromatic rings. The van der Waals surface area contributed by atoms with E-state index >= 15 is 0 Å². The van der Waals surface area contributed by atoms with Crippen molar-refractivity contribution in [1.29, 1.82) is 0 Å². The highest BCUT2D eigenvalue weighted by atomic mass is 32.2. The first kappa shape index (κ1) is 19.9. The van der Waals surface area contributed by atoms with Gasteiger partial charge in [0, 0.05) is 23.9 Å². The summed E-state index contributed by atoms with van der Waals surface area (Å²) >= 11 is 3.01. The van der Waals surface area contributed by atoms with Crippen LogP contribution >= 0.6 is 23.1 Å². The number of nitrogens with zero attached hydrogens (tertiary/aromatic N) is 1. The van der Waals surface area contributed by atoms with Gasteiger partial charge in [0.1, 0.15) is 10.7 Å². The summed E-state index contributed by atoms with van der Waals surface area (Å²) in [6, 6.07) is 0.0975. The Hall–Kier alpha value is -1.87. The molecule has 0 radical (unpaired) electrons. The minimum Gasteiger partial charge on any atom is -0.355 e. The number of aromatic nitrogens is 2. The zero-order valence-corrected chi connectivity index (χ0v) is 17.1. The van der Waals surface area contributed by atoms with Crippen molar-refractivity contribution in [2.24, 2.45) is 0 Å². The smallest absolute Gasteiger partial charge is 0.259 e. The number of fused-ring (bicyclic) bond motifs is 3. The molecule has 3 N–H and O–H groups in total. The number of nitrogens with one attached hydrogen (secondary N) is 3. The molecule has 27 heavy (non-hydrogen) atoms. The number of rotatable bonds is 8. The van der Waals surface area contributed by atoms with Crippen LogP contribution in [-0.2, 0) is 28.2 Å². The molecule has 0 saturated carbocycles. The van der Waals surface area contributed by atoms with Crippen molar-refractivity contribution >= 4 is 45.1 Å². The van der Waals surface area contributed by atoms with Crippen LogP contribution in [0.25, 0.3) is 10.2 Å². The Morgan fingerprint density at radius 3 is 2.89 bits per heavy atom. The van der Waals surface area contributed by atoms with Crippen molar-refractivity contribution in [3.63, 3.8) is 0 Å². The lowest BCUT2D eigenvalue weighted by Crippen LogP contribution is -2.34. The van der Waals surface area contributed by atoms with Gasteiger partial charge < -0.3 is 15.6 Å². The monoisotopic (exact) mass is 408 g/mol. The molecule has 0 unspecified atom stereocenters. The molecular formula is C18H24N4O3S2. The van der Waals surface area contributed by atoms with E-state index in [0.717, 1.165) is 29.5 Å². The number of thioether (sulfide) groups is 1. The van der Waals surface area contributed by atoms with Gasteiger partial charge in [0.25, 0.3) is 5.56 Å². The van der Waals surface area contributed by atoms with Crippen molar-refractivity contribution < 1.29 is 9.59 Å². The van der Waals surface area contributed by atoms with Crippen LogP contribution in [0.1, 0.15) is 43.0 Å². The first-order chi connectivity index (χ1) is 12.9. The van der Waals surface area contributed by atoms with Crippen molar-refractivity contribution in [2.45, 2.75) is 51.3 Å². The van der Waals surface area contributed by atoms with Crippen LogP contribution in [0.2, 0.25) is 0 Å². The molecular weight excluding hydrogens is 384 g/mol. The molecule has 0 aliphatic heterocycles. The van der Waals surface area contributed by atoms with Crippen molar-refractivity contribution in [1.82, 2.24) is 20.6 Å². The van der Waals surface area contributed by atoms with Crippen molar-refractivity contribution in [3.05, 3.63) is 26.6 Å². The van der Waals surface area contributed by atoms with Crippen LogP contribution in [0.3, 0.4) is 0 Å². The van der Waals surface area contributed by atoms with Crippen LogP contribution in [0.5, 0.6) is 0 Å². The normalized spacial score (nSPS) is 13.1. The van der Waals surface area contributed by atoms with Crippen LogP contribution in [0.4, 0.5) is 0 Å². The van der Waals surface area contributed by atoms with Gasteiger partial charge in [0.15, 0.2) is 0 Å². The highest BCUT2D eigenvalue weighted by Gasteiger charge is 2.21. The van der Waals surface area contributed by atoms with E-state index in [1.54, 1.807) is 11.3 Å². The summed E-state index contributed by atoms with van der Waals surface area (Å²) in [5.41, 5.74) is 1.10. The molecule has 2 heterocycles. The van der Waals surface area contributed by atoms with Crippen LogP contribution in [0.15, 0.2) is 4.79 Å². The SMILES string of the molecule is CC(C)NC(=O)CCNC(=O)CSCc1nc2sc3c(c2c(=O)[nH]1)CCC3. The number of hydrogen-bond donors (Lipinski definition) is 3. The lowest BCUT2D eigenvalue weighted by atomic mass is 10.2. The maximum absolute atomic E-state index is 12.4. The molecule has 0 saturated heterocycles. The molecule has 0 aromatic carbocycles. The molecule has 2 aromatic heterocycles. The molecule has 3 rings (SSSR count). The second-order valence-corrected chi connectivity index (χ2v) is 8.93. The van der Waals surface area contributed by atoms with Gasteiger partial charge >= 0.3 is 0 Å². The molecule has 2 amide bonds. The molecule has 1 aliphatic carbocycles. The van der Waals surface area contributed by atoms with Crippen molar-refractivity contribution in [2.75, 3.05) is 12.3 Å². The van der Waals surface area contributed by atoms with E-state index < -0.39 is 0 Å². The summed E-state index contributed by atoms with van der Waals surface area (Å²) in [6.07, 6.45) is 3.38. The molecule has 146 valence electrons. The Kier molecular flexibility index (Phi) is 6.54. The van der Waals surface area contributed by atoms with Gasteiger partial charge in [-0.2, -0.15) is 0 Å². The second kappa shape index (κ2) is 8.88. The first-order valence-electron chi connectivity index (χ1n) is 9.11. The number of amides is 2. The van der Waals surface area contributed by atoms with Gasteiger partial charge in [-0.05, 0) is 38.7 Å². The molecule has 0 spiro atoms. The fourth-order valence-electron chi connectivity index (χ4n) is 3.12. The van der Waals surface area contributed by atoms with E-state index in [0.29, 0.717) is 18.1 Å². The number of aryl methyl sites for hydroxylation is 2. The van der Waals surface area contributed by atoms with E-state index in [1.165, 1.54) is 22.2 Å². The molecule has 0 atom stereocenters. The minimum absolute atomic E-state index is 0.0733. The number of H-pyrrole nitrogens is 1. The van der Waals surface area contributed by atoms with E-state index in [-0.39, 0.29) is 35.6 Å². The topological polar surface area (TPSA) is 104 Å². The Balaban J connectivity index is 1.46. The average Bonchev–Trinajstić information content (AvgIpc) is 3.14. The molecule has 9 heteroatoms. The Morgan fingerprint density at radius 2 is 2.11 bits per heavy atom. The third-order valence-electron chi connectivity index (χ3n) is 4.22. The van der Waals surface area contributed by atoms with Crippen LogP contribution < -0.4 is 16.2 Å². The Bertz CT molecular complexity index is 904. The van der Waals surface area contributed by atoms with Gasteiger partial charge in [-0.15, -0.1) is 23.1 Å². The Morgan fingerprint density at radius 1 is 1.30 bits per heavy atom. The lowest BCUT2D eigenvalue weighted by molar-refractivity contribution is -0.121.